The van der Waals surface area contributed by atoms with Crippen molar-refractivity contribution in [3.63, 3.8) is 0 Å². The van der Waals surface area contributed by atoms with Crippen molar-refractivity contribution < 1.29 is 0 Å². The molecule has 0 bridgehead atoms. The van der Waals surface area contributed by atoms with Gasteiger partial charge in [0, 0.05) is 46.3 Å². The molecule has 0 atom stereocenters. The van der Waals surface area contributed by atoms with Crippen molar-refractivity contribution in [3.05, 3.63) is 241 Å². The maximum atomic E-state index is 5.16. The monoisotopic (exact) mass is 756 g/mol. The second-order valence-electron chi connectivity index (χ2n) is 15.3. The molecule has 0 unspecified atom stereocenters. The Morgan fingerprint density at radius 1 is 0.362 bits per heavy atom. The van der Waals surface area contributed by atoms with Crippen LogP contribution in [0.5, 0.6) is 0 Å². The lowest BCUT2D eigenvalue weighted by Crippen LogP contribution is -2.77. The lowest BCUT2D eigenvalue weighted by molar-refractivity contribution is 0.701. The van der Waals surface area contributed by atoms with E-state index >= 15 is 0 Å². The first-order valence-electron chi connectivity index (χ1n) is 19.9. The van der Waals surface area contributed by atoms with Crippen molar-refractivity contribution in [3.8, 4) is 11.1 Å². The number of hydrogen-bond donors (Lipinski definition) is 0. The van der Waals surface area contributed by atoms with Crippen molar-refractivity contribution in [2.75, 3.05) is 9.80 Å². The van der Waals surface area contributed by atoms with Gasteiger partial charge in [-0.25, -0.2) is 0 Å². The Morgan fingerprint density at radius 2 is 0.776 bits per heavy atom. The summed E-state index contributed by atoms with van der Waals surface area (Å²) in [6.45, 7) is 0. The van der Waals surface area contributed by atoms with E-state index in [9.17, 15) is 0 Å². The fraction of sp³-hybridized carbons (Fsp3) is 0.0189. The summed E-state index contributed by atoms with van der Waals surface area (Å²) in [6.07, 6.45) is 3.85. The molecule has 0 saturated heterocycles. The molecule has 1 aliphatic carbocycles. The van der Waals surface area contributed by atoms with Crippen LogP contribution < -0.4 is 30.5 Å². The van der Waals surface area contributed by atoms with Gasteiger partial charge in [0.2, 0.25) is 0 Å². The van der Waals surface area contributed by atoms with Gasteiger partial charge in [-0.15, -0.1) is 0 Å². The molecule has 1 spiro atoms. The molecular formula is C53H36N4Si. The number of nitrogens with zero attached hydrogens (tertiary/aromatic N) is 4. The normalized spacial score (nSPS) is 14.8. The Morgan fingerprint density at radius 3 is 1.28 bits per heavy atom. The van der Waals surface area contributed by atoms with Gasteiger partial charge in [-0.1, -0.05) is 152 Å². The largest absolute Gasteiger partial charge is 0.311 e. The van der Waals surface area contributed by atoms with Crippen molar-refractivity contribution >= 4 is 62.9 Å². The number of anilines is 6. The van der Waals surface area contributed by atoms with E-state index in [1.54, 1.807) is 0 Å². The summed E-state index contributed by atoms with van der Waals surface area (Å²) in [4.78, 5) is 15.2. The highest BCUT2D eigenvalue weighted by Gasteiger charge is 2.54. The lowest BCUT2D eigenvalue weighted by Gasteiger charge is -2.45. The maximum Gasteiger partial charge on any atom is 0.184 e. The van der Waals surface area contributed by atoms with Gasteiger partial charge in [0.05, 0.1) is 22.8 Å². The number of hydrogen-bond acceptors (Lipinski definition) is 4. The Kier molecular flexibility index (Phi) is 7.13. The zero-order valence-electron chi connectivity index (χ0n) is 31.6. The van der Waals surface area contributed by atoms with Crippen LogP contribution in [0.2, 0.25) is 0 Å². The molecule has 0 amide bonds. The molecule has 3 aliphatic rings. The van der Waals surface area contributed by atoms with Gasteiger partial charge in [0.1, 0.15) is 5.41 Å². The molecule has 4 heterocycles. The maximum absolute atomic E-state index is 5.16. The lowest BCUT2D eigenvalue weighted by atomic mass is 9.68. The number of para-hydroxylation sites is 4. The molecule has 58 heavy (non-hydrogen) atoms. The van der Waals surface area contributed by atoms with Crippen LogP contribution in [0, 0.1) is 0 Å². The average molecular weight is 757 g/mol. The van der Waals surface area contributed by atoms with E-state index < -0.39 is 13.5 Å². The van der Waals surface area contributed by atoms with E-state index in [1.807, 2.05) is 24.5 Å². The van der Waals surface area contributed by atoms with Crippen LogP contribution in [0.1, 0.15) is 22.5 Å². The van der Waals surface area contributed by atoms with Crippen molar-refractivity contribution in [2.24, 2.45) is 0 Å². The highest BCUT2D eigenvalue weighted by Crippen LogP contribution is 2.62. The quantitative estimate of drug-likeness (QED) is 0.168. The Labute approximate surface area is 339 Å². The number of benzene rings is 7. The molecule has 2 aromatic heterocycles. The number of aromatic nitrogens is 2. The van der Waals surface area contributed by atoms with Gasteiger partial charge < -0.3 is 9.80 Å². The third-order valence-corrected chi connectivity index (χ3v) is 17.4. The average Bonchev–Trinajstić information content (AvgIpc) is 3.59. The molecule has 4 nitrogen and oxygen atoms in total. The predicted octanol–water partition coefficient (Wildman–Crippen LogP) is 9.78. The SMILES string of the molecule is c1ccc([Si]2(c3ccccc3)c3ccccc3N(c3cccc(N4c5ccccc5C5(c6ccccc64)c4ncccc4-c4cccnc45)c3)c3ccccc32)cc1. The molecule has 7 aromatic carbocycles. The minimum atomic E-state index is -2.73. The van der Waals surface area contributed by atoms with Crippen molar-refractivity contribution in [2.45, 2.75) is 5.41 Å². The topological polar surface area (TPSA) is 32.3 Å². The molecule has 2 aliphatic heterocycles. The van der Waals surface area contributed by atoms with Crippen molar-refractivity contribution in [1.82, 2.24) is 9.97 Å². The van der Waals surface area contributed by atoms with Crippen LogP contribution in [-0.4, -0.2) is 18.0 Å². The predicted molar refractivity (Wildman–Crippen MR) is 239 cm³/mol. The van der Waals surface area contributed by atoms with Crippen LogP contribution in [0.3, 0.4) is 0 Å². The van der Waals surface area contributed by atoms with E-state index in [0.29, 0.717) is 0 Å². The zero-order valence-corrected chi connectivity index (χ0v) is 32.6. The molecule has 0 fully saturated rings. The minimum Gasteiger partial charge on any atom is -0.311 e. The highest BCUT2D eigenvalue weighted by molar-refractivity contribution is 7.21. The molecule has 0 radical (unpaired) electrons. The van der Waals surface area contributed by atoms with E-state index in [1.165, 1.54) is 43.2 Å². The minimum absolute atomic E-state index is 0.665. The van der Waals surface area contributed by atoms with Crippen LogP contribution >= 0.6 is 0 Å². The Balaban J connectivity index is 1.08. The zero-order chi connectivity index (χ0) is 38.3. The summed E-state index contributed by atoms with van der Waals surface area (Å²) in [6, 6.07) is 75.8. The summed E-state index contributed by atoms with van der Waals surface area (Å²) in [5.74, 6) is 0. The first-order chi connectivity index (χ1) is 28.8. The van der Waals surface area contributed by atoms with Gasteiger partial charge in [0.25, 0.3) is 0 Å². The fourth-order valence-corrected chi connectivity index (χ4v) is 15.6. The molecule has 272 valence electrons. The molecule has 12 rings (SSSR count). The van der Waals surface area contributed by atoms with Gasteiger partial charge in [0.15, 0.2) is 8.07 Å². The van der Waals surface area contributed by atoms with Crippen LogP contribution in [-0.2, 0) is 5.41 Å². The number of fused-ring (bicyclic) bond motifs is 11. The fourth-order valence-electron chi connectivity index (χ4n) is 10.5. The number of rotatable bonds is 4. The van der Waals surface area contributed by atoms with Gasteiger partial charge in [-0.05, 0) is 86.5 Å². The summed E-state index contributed by atoms with van der Waals surface area (Å²) in [5.41, 5.74) is 12.9. The molecular weight excluding hydrogens is 721 g/mol. The molecule has 0 N–H and O–H groups in total. The first kappa shape index (κ1) is 32.9. The Hall–Kier alpha value is -7.34. The summed E-state index contributed by atoms with van der Waals surface area (Å²) >= 11 is 0. The smallest absolute Gasteiger partial charge is 0.184 e. The standard InChI is InChI=1S/C53H36N4Si/c1-3-20-39(21-4-1)58(40-22-5-2-6-23-40)49-32-13-11-30-47(49)57(48-31-12-14-33-50(48)58)38-19-15-18-37(36-38)56-45-28-9-7-26-43(45)53(44-27-8-10-29-46(44)56)51-41(24-16-34-54-51)42-25-17-35-55-52(42)53/h1-36H. The van der Waals surface area contributed by atoms with Crippen LogP contribution in [0.4, 0.5) is 34.1 Å². The first-order valence-corrected chi connectivity index (χ1v) is 21.9. The van der Waals surface area contributed by atoms with E-state index in [2.05, 4.69) is 204 Å². The van der Waals surface area contributed by atoms with Gasteiger partial charge >= 0.3 is 0 Å². The molecule has 9 aromatic rings. The van der Waals surface area contributed by atoms with Gasteiger partial charge in [-0.3, -0.25) is 9.97 Å². The van der Waals surface area contributed by atoms with Gasteiger partial charge in [-0.2, -0.15) is 0 Å². The number of pyridine rings is 2. The Bertz CT molecular complexity index is 2760. The highest BCUT2D eigenvalue weighted by atomic mass is 28.3. The summed E-state index contributed by atoms with van der Waals surface area (Å²) in [7, 11) is -2.73. The second kappa shape index (κ2) is 12.6. The molecule has 0 saturated carbocycles. The molecule has 5 heteroatoms. The van der Waals surface area contributed by atoms with E-state index in [4.69, 9.17) is 9.97 Å². The van der Waals surface area contributed by atoms with Crippen LogP contribution in [0.15, 0.2) is 219 Å². The third kappa shape index (κ3) is 4.28. The van der Waals surface area contributed by atoms with E-state index in [0.717, 1.165) is 45.3 Å². The second-order valence-corrected chi connectivity index (χ2v) is 19.0. The van der Waals surface area contributed by atoms with Crippen LogP contribution in [0.25, 0.3) is 11.1 Å². The third-order valence-electron chi connectivity index (χ3n) is 12.6. The summed E-state index contributed by atoms with van der Waals surface area (Å²) in [5, 5.41) is 5.52. The summed E-state index contributed by atoms with van der Waals surface area (Å²) < 4.78 is 0. The van der Waals surface area contributed by atoms with Crippen molar-refractivity contribution in [1.29, 1.82) is 0 Å². The van der Waals surface area contributed by atoms with E-state index in [-0.39, 0.29) is 0 Å².